The number of likely N-dealkylation sites (tertiary alicyclic amines) is 1. The van der Waals surface area contributed by atoms with Gasteiger partial charge in [0.1, 0.15) is 23.0 Å². The summed E-state index contributed by atoms with van der Waals surface area (Å²) >= 11 is 1.28. The Morgan fingerprint density at radius 1 is 1.41 bits per heavy atom. The Bertz CT molecular complexity index is 267. The molecule has 0 aliphatic carbocycles. The van der Waals surface area contributed by atoms with Crippen molar-refractivity contribution in [1.82, 2.24) is 4.90 Å². The van der Waals surface area contributed by atoms with Gasteiger partial charge >= 0.3 is 12.3 Å². The standard InChI is InChI=1S/C9H13F3INO3/c1-16-8(15)14-4-2-6(3-5-14)7(17-13)9(10,11)12/h6-7H,2-5H2,1H3. The maximum absolute atomic E-state index is 12.6. The summed E-state index contributed by atoms with van der Waals surface area (Å²) in [7, 11) is 1.25. The predicted octanol–water partition coefficient (Wildman–Crippen LogP) is 2.76. The van der Waals surface area contributed by atoms with E-state index in [4.69, 9.17) is 0 Å². The molecule has 8 heteroatoms. The van der Waals surface area contributed by atoms with Gasteiger partial charge in [0.05, 0.1) is 7.11 Å². The maximum Gasteiger partial charge on any atom is 0.415 e. The maximum atomic E-state index is 12.6. The third-order valence-electron chi connectivity index (χ3n) is 2.82. The molecule has 100 valence electrons. The Hall–Kier alpha value is -0.250. The molecule has 1 atom stereocenters. The van der Waals surface area contributed by atoms with Gasteiger partial charge in [-0.25, -0.2) is 4.79 Å². The van der Waals surface area contributed by atoms with E-state index in [0.717, 1.165) is 0 Å². The second kappa shape index (κ2) is 6.07. The summed E-state index contributed by atoms with van der Waals surface area (Å²) in [6.45, 7) is 0.536. The SMILES string of the molecule is COC(=O)N1CCC(C(OI)C(F)(F)F)CC1. The van der Waals surface area contributed by atoms with Crippen LogP contribution in [0.1, 0.15) is 12.8 Å². The molecule has 0 aromatic rings. The van der Waals surface area contributed by atoms with Gasteiger partial charge in [-0.15, -0.1) is 0 Å². The quantitative estimate of drug-likeness (QED) is 0.705. The van der Waals surface area contributed by atoms with E-state index in [0.29, 0.717) is 0 Å². The van der Waals surface area contributed by atoms with Crippen LogP contribution in [0, 0.1) is 5.92 Å². The number of ether oxygens (including phenoxy) is 1. The van der Waals surface area contributed by atoms with Crippen LogP contribution in [0.15, 0.2) is 0 Å². The summed E-state index contributed by atoms with van der Waals surface area (Å²) in [6.07, 6.45) is -6.09. The van der Waals surface area contributed by atoms with Crippen molar-refractivity contribution in [1.29, 1.82) is 0 Å². The van der Waals surface area contributed by atoms with Gasteiger partial charge < -0.3 is 12.7 Å². The molecule has 4 nitrogen and oxygen atoms in total. The number of hydrogen-bond acceptors (Lipinski definition) is 3. The molecule has 1 amide bonds. The van der Waals surface area contributed by atoms with Crippen molar-refractivity contribution in [2.75, 3.05) is 20.2 Å². The molecule has 1 heterocycles. The van der Waals surface area contributed by atoms with Gasteiger partial charge in [-0.2, -0.15) is 13.2 Å². The monoisotopic (exact) mass is 367 g/mol. The molecule has 1 aliphatic rings. The molecular weight excluding hydrogens is 354 g/mol. The first-order chi connectivity index (χ1) is 7.90. The fourth-order valence-electron chi connectivity index (χ4n) is 1.90. The van der Waals surface area contributed by atoms with Gasteiger partial charge in [-0.05, 0) is 18.8 Å². The molecule has 17 heavy (non-hydrogen) atoms. The number of alkyl halides is 3. The van der Waals surface area contributed by atoms with Crippen LogP contribution < -0.4 is 0 Å². The third-order valence-corrected chi connectivity index (χ3v) is 3.37. The summed E-state index contributed by atoms with van der Waals surface area (Å²) in [5.41, 5.74) is 0. The molecule has 0 radical (unpaired) electrons. The van der Waals surface area contributed by atoms with E-state index in [1.54, 1.807) is 0 Å². The number of rotatable bonds is 2. The van der Waals surface area contributed by atoms with Crippen molar-refractivity contribution >= 4 is 29.1 Å². The first-order valence-electron chi connectivity index (χ1n) is 5.07. The average molecular weight is 367 g/mol. The van der Waals surface area contributed by atoms with Gasteiger partial charge in [-0.3, -0.25) is 0 Å². The lowest BCUT2D eigenvalue weighted by atomic mass is 9.91. The normalized spacial score (nSPS) is 20.2. The molecule has 1 fully saturated rings. The van der Waals surface area contributed by atoms with E-state index in [2.05, 4.69) is 7.80 Å². The molecule has 0 bridgehead atoms. The van der Waals surface area contributed by atoms with Crippen LogP contribution in [0.3, 0.4) is 0 Å². The summed E-state index contributed by atoms with van der Waals surface area (Å²) in [4.78, 5) is 12.6. The van der Waals surface area contributed by atoms with Crippen LogP contribution in [-0.2, 0) is 7.80 Å². The van der Waals surface area contributed by atoms with E-state index in [9.17, 15) is 18.0 Å². The highest BCUT2D eigenvalue weighted by Gasteiger charge is 2.46. The van der Waals surface area contributed by atoms with Crippen molar-refractivity contribution in [2.24, 2.45) is 5.92 Å². The Kier molecular flexibility index (Phi) is 5.29. The van der Waals surface area contributed by atoms with Gasteiger partial charge in [0.25, 0.3) is 0 Å². The highest BCUT2D eigenvalue weighted by atomic mass is 127. The van der Waals surface area contributed by atoms with Crippen LogP contribution in [0.25, 0.3) is 0 Å². The third kappa shape index (κ3) is 3.87. The molecule has 0 aromatic carbocycles. The zero-order chi connectivity index (χ0) is 13.1. The average Bonchev–Trinajstić information content (AvgIpc) is 2.28. The van der Waals surface area contributed by atoms with E-state index in [1.807, 2.05) is 0 Å². The molecule has 1 saturated heterocycles. The van der Waals surface area contributed by atoms with E-state index < -0.39 is 24.3 Å². The first-order valence-corrected chi connectivity index (χ1v) is 5.95. The van der Waals surface area contributed by atoms with Gasteiger partial charge in [0, 0.05) is 13.1 Å². The summed E-state index contributed by atoms with van der Waals surface area (Å²) < 4.78 is 46.8. The fraction of sp³-hybridized carbons (Fsp3) is 0.889. The number of carbonyl (C=O) groups excluding carboxylic acids is 1. The number of nitrogens with zero attached hydrogens (tertiary/aromatic N) is 1. The second-order valence-corrected chi connectivity index (χ2v) is 4.35. The van der Waals surface area contributed by atoms with E-state index in [1.165, 1.54) is 35.0 Å². The molecular formula is C9H13F3INO3. The second-order valence-electron chi connectivity index (χ2n) is 3.85. The Balaban J connectivity index is 2.53. The molecule has 0 spiro atoms. The molecule has 0 N–H and O–H groups in total. The van der Waals surface area contributed by atoms with Crippen molar-refractivity contribution in [2.45, 2.75) is 25.1 Å². The molecule has 1 aliphatic heterocycles. The molecule has 1 rings (SSSR count). The number of methoxy groups -OCH3 is 1. The van der Waals surface area contributed by atoms with Crippen molar-refractivity contribution in [3.8, 4) is 0 Å². The molecule has 0 aromatic heterocycles. The summed E-state index contributed by atoms with van der Waals surface area (Å²) in [6, 6.07) is 0. The van der Waals surface area contributed by atoms with Gasteiger partial charge in [-0.1, -0.05) is 0 Å². The zero-order valence-corrected chi connectivity index (χ0v) is 11.3. The first kappa shape index (κ1) is 14.8. The Morgan fingerprint density at radius 3 is 2.29 bits per heavy atom. The predicted molar refractivity (Wildman–Crippen MR) is 61.7 cm³/mol. The van der Waals surface area contributed by atoms with Crippen LogP contribution in [0.5, 0.6) is 0 Å². The largest absolute Gasteiger partial charge is 0.453 e. The Labute approximate surface area is 111 Å². The molecule has 1 unspecified atom stereocenters. The van der Waals surface area contributed by atoms with Gasteiger partial charge in [0.2, 0.25) is 0 Å². The lowest BCUT2D eigenvalue weighted by molar-refractivity contribution is -0.204. The van der Waals surface area contributed by atoms with Crippen LogP contribution in [0.2, 0.25) is 0 Å². The van der Waals surface area contributed by atoms with Crippen molar-refractivity contribution in [3.05, 3.63) is 0 Å². The smallest absolute Gasteiger partial charge is 0.415 e. The van der Waals surface area contributed by atoms with Crippen molar-refractivity contribution < 1.29 is 25.8 Å². The van der Waals surface area contributed by atoms with Crippen LogP contribution in [-0.4, -0.2) is 43.5 Å². The lowest BCUT2D eigenvalue weighted by Crippen LogP contribution is -2.45. The van der Waals surface area contributed by atoms with E-state index >= 15 is 0 Å². The number of amides is 1. The number of halogens is 4. The minimum atomic E-state index is -4.36. The zero-order valence-electron chi connectivity index (χ0n) is 9.17. The number of piperidine rings is 1. The summed E-state index contributed by atoms with van der Waals surface area (Å²) in [5, 5.41) is 0. The lowest BCUT2D eigenvalue weighted by Gasteiger charge is -2.34. The highest BCUT2D eigenvalue weighted by Crippen LogP contribution is 2.35. The molecule has 0 saturated carbocycles. The highest BCUT2D eigenvalue weighted by molar-refractivity contribution is 14.1. The Morgan fingerprint density at radius 2 is 1.94 bits per heavy atom. The number of carbonyl (C=O) groups is 1. The van der Waals surface area contributed by atoms with Crippen molar-refractivity contribution in [3.63, 3.8) is 0 Å². The van der Waals surface area contributed by atoms with Crippen LogP contribution in [0.4, 0.5) is 18.0 Å². The van der Waals surface area contributed by atoms with Crippen LogP contribution >= 0.6 is 23.0 Å². The minimum absolute atomic E-state index is 0.266. The number of hydrogen-bond donors (Lipinski definition) is 0. The van der Waals surface area contributed by atoms with Gasteiger partial charge in [0.15, 0.2) is 6.10 Å². The minimum Gasteiger partial charge on any atom is -0.453 e. The van der Waals surface area contributed by atoms with E-state index in [-0.39, 0.29) is 25.9 Å². The fourth-order valence-corrected chi connectivity index (χ4v) is 2.61. The topological polar surface area (TPSA) is 38.8 Å². The summed E-state index contributed by atoms with van der Waals surface area (Å²) in [5.74, 6) is -0.604.